The highest BCUT2D eigenvalue weighted by atomic mass is 16.5. The van der Waals surface area contributed by atoms with Crippen molar-refractivity contribution >= 4 is 17.8 Å². The summed E-state index contributed by atoms with van der Waals surface area (Å²) in [4.78, 5) is 41.1. The summed E-state index contributed by atoms with van der Waals surface area (Å²) in [7, 11) is 1.56. The van der Waals surface area contributed by atoms with Gasteiger partial charge in [-0.3, -0.25) is 14.5 Å². The van der Waals surface area contributed by atoms with Gasteiger partial charge in [0.25, 0.3) is 5.91 Å². The highest BCUT2D eigenvalue weighted by Crippen LogP contribution is 2.30. The number of amides is 4. The van der Waals surface area contributed by atoms with Crippen LogP contribution in [0.5, 0.6) is 5.75 Å². The molecule has 1 atom stereocenters. The molecule has 0 aromatic heterocycles. The zero-order chi connectivity index (χ0) is 20.7. The SMILES string of the molecule is CCCCN(CCCC)C(=O)CN1C(=O)N[C@@](C)(c2ccc(OC)cc2)C1=O. The molecule has 2 rings (SSSR count). The molecule has 1 N–H and O–H groups in total. The van der Waals surface area contributed by atoms with Crippen LogP contribution in [-0.2, 0) is 15.1 Å². The first-order valence-corrected chi connectivity index (χ1v) is 9.93. The van der Waals surface area contributed by atoms with E-state index in [2.05, 4.69) is 19.2 Å². The Kier molecular flexibility index (Phi) is 7.43. The van der Waals surface area contributed by atoms with Crippen molar-refractivity contribution in [1.29, 1.82) is 0 Å². The van der Waals surface area contributed by atoms with Crippen LogP contribution in [0.25, 0.3) is 0 Å². The average molecular weight is 389 g/mol. The van der Waals surface area contributed by atoms with Crippen molar-refractivity contribution in [1.82, 2.24) is 15.1 Å². The summed E-state index contributed by atoms with van der Waals surface area (Å²) in [5.41, 5.74) is -0.545. The van der Waals surface area contributed by atoms with Gasteiger partial charge in [-0.25, -0.2) is 4.79 Å². The summed E-state index contributed by atoms with van der Waals surface area (Å²) < 4.78 is 5.14. The molecule has 7 nitrogen and oxygen atoms in total. The van der Waals surface area contributed by atoms with Crippen LogP contribution in [0.2, 0.25) is 0 Å². The van der Waals surface area contributed by atoms with Crippen LogP contribution in [0.1, 0.15) is 52.0 Å². The average Bonchev–Trinajstić information content (AvgIpc) is 2.92. The van der Waals surface area contributed by atoms with Gasteiger partial charge in [0, 0.05) is 13.1 Å². The number of nitrogens with zero attached hydrogens (tertiary/aromatic N) is 2. The van der Waals surface area contributed by atoms with Crippen molar-refractivity contribution in [2.75, 3.05) is 26.7 Å². The molecule has 1 aliphatic rings. The summed E-state index contributed by atoms with van der Waals surface area (Å²) in [6.07, 6.45) is 3.77. The Bertz CT molecular complexity index is 696. The summed E-state index contributed by atoms with van der Waals surface area (Å²) in [6.45, 7) is 6.86. The molecule has 1 fully saturated rings. The second-order valence-electron chi connectivity index (χ2n) is 7.26. The first-order valence-electron chi connectivity index (χ1n) is 9.93. The Morgan fingerprint density at radius 1 is 1.11 bits per heavy atom. The zero-order valence-corrected chi connectivity index (χ0v) is 17.3. The lowest BCUT2D eigenvalue weighted by molar-refractivity contribution is -0.139. The minimum absolute atomic E-state index is 0.190. The number of methoxy groups -OCH3 is 1. The van der Waals surface area contributed by atoms with Crippen LogP contribution >= 0.6 is 0 Å². The van der Waals surface area contributed by atoms with Gasteiger partial charge in [-0.15, -0.1) is 0 Å². The third-order valence-corrected chi connectivity index (χ3v) is 5.15. The number of urea groups is 1. The van der Waals surface area contributed by atoms with Gasteiger partial charge < -0.3 is 15.0 Å². The van der Waals surface area contributed by atoms with Crippen LogP contribution in [0.4, 0.5) is 4.79 Å². The molecule has 1 heterocycles. The lowest BCUT2D eigenvalue weighted by atomic mass is 9.92. The van der Waals surface area contributed by atoms with E-state index < -0.39 is 17.5 Å². The van der Waals surface area contributed by atoms with Crippen LogP contribution in [-0.4, -0.2) is 54.4 Å². The highest BCUT2D eigenvalue weighted by Gasteiger charge is 2.49. The number of carbonyl (C=O) groups is 3. The number of hydrogen-bond donors (Lipinski definition) is 1. The van der Waals surface area contributed by atoms with Crippen LogP contribution in [0.3, 0.4) is 0 Å². The fourth-order valence-corrected chi connectivity index (χ4v) is 3.25. The lowest BCUT2D eigenvalue weighted by Gasteiger charge is -2.25. The predicted octanol–water partition coefficient (Wildman–Crippen LogP) is 2.89. The standard InChI is InChI=1S/C21H31N3O4/c1-5-7-13-23(14-8-6-2)18(25)15-24-19(26)21(3,22-20(24)27)16-9-11-17(28-4)12-10-16/h9-12H,5-8,13-15H2,1-4H3,(H,22,27)/t21-/m0/s1. The van der Waals surface area contributed by atoms with E-state index in [9.17, 15) is 14.4 Å². The Labute approximate surface area is 167 Å². The molecule has 28 heavy (non-hydrogen) atoms. The van der Waals surface area contributed by atoms with Gasteiger partial charge in [0.15, 0.2) is 0 Å². The maximum atomic E-state index is 13.0. The van der Waals surface area contributed by atoms with Crippen LogP contribution in [0.15, 0.2) is 24.3 Å². The van der Waals surface area contributed by atoms with E-state index in [0.717, 1.165) is 30.6 Å². The van der Waals surface area contributed by atoms with Crippen molar-refractivity contribution < 1.29 is 19.1 Å². The number of nitrogens with one attached hydrogen (secondary N) is 1. The number of imide groups is 1. The maximum Gasteiger partial charge on any atom is 0.325 e. The normalized spacial score (nSPS) is 18.9. The fourth-order valence-electron chi connectivity index (χ4n) is 3.25. The molecule has 0 saturated carbocycles. The maximum absolute atomic E-state index is 13.0. The largest absolute Gasteiger partial charge is 0.497 e. The number of benzene rings is 1. The van der Waals surface area contributed by atoms with Crippen LogP contribution < -0.4 is 10.1 Å². The minimum Gasteiger partial charge on any atom is -0.497 e. The van der Waals surface area contributed by atoms with Gasteiger partial charge in [-0.05, 0) is 37.5 Å². The van der Waals surface area contributed by atoms with E-state index in [1.165, 1.54) is 0 Å². The second kappa shape index (κ2) is 9.57. The molecule has 1 saturated heterocycles. The smallest absolute Gasteiger partial charge is 0.325 e. The van der Waals surface area contributed by atoms with E-state index in [-0.39, 0.29) is 12.5 Å². The Morgan fingerprint density at radius 2 is 1.68 bits per heavy atom. The van der Waals surface area contributed by atoms with Gasteiger partial charge in [0.1, 0.15) is 17.8 Å². The van der Waals surface area contributed by atoms with Gasteiger partial charge in [0.05, 0.1) is 7.11 Å². The fraction of sp³-hybridized carbons (Fsp3) is 0.571. The zero-order valence-electron chi connectivity index (χ0n) is 17.3. The highest BCUT2D eigenvalue weighted by molar-refractivity contribution is 6.09. The molecule has 7 heteroatoms. The van der Waals surface area contributed by atoms with Gasteiger partial charge in [-0.1, -0.05) is 38.8 Å². The van der Waals surface area contributed by atoms with E-state index in [4.69, 9.17) is 4.74 Å². The number of carbonyl (C=O) groups excluding carboxylic acids is 3. The molecule has 4 amide bonds. The van der Waals surface area contributed by atoms with Gasteiger partial charge in [0.2, 0.25) is 5.91 Å². The number of unbranched alkanes of at least 4 members (excludes halogenated alkanes) is 2. The van der Waals surface area contributed by atoms with E-state index in [1.54, 1.807) is 43.2 Å². The van der Waals surface area contributed by atoms with Crippen molar-refractivity contribution in [2.45, 2.75) is 52.0 Å². The number of ether oxygens (including phenoxy) is 1. The predicted molar refractivity (Wildman–Crippen MR) is 107 cm³/mol. The molecule has 0 aliphatic carbocycles. The third-order valence-electron chi connectivity index (χ3n) is 5.15. The monoisotopic (exact) mass is 389 g/mol. The minimum atomic E-state index is -1.19. The quantitative estimate of drug-likeness (QED) is 0.624. The Hall–Kier alpha value is -2.57. The molecule has 0 spiro atoms. The molecule has 1 aromatic rings. The Morgan fingerprint density at radius 3 is 2.18 bits per heavy atom. The molecule has 0 unspecified atom stereocenters. The van der Waals surface area contributed by atoms with Gasteiger partial charge >= 0.3 is 6.03 Å². The van der Waals surface area contributed by atoms with Crippen molar-refractivity contribution in [3.05, 3.63) is 29.8 Å². The lowest BCUT2D eigenvalue weighted by Crippen LogP contribution is -2.45. The first kappa shape index (κ1) is 21.7. The molecule has 1 aliphatic heterocycles. The molecule has 154 valence electrons. The molecule has 1 aromatic carbocycles. The topological polar surface area (TPSA) is 79.0 Å². The second-order valence-corrected chi connectivity index (χ2v) is 7.26. The number of rotatable bonds is 10. The molecule has 0 bridgehead atoms. The summed E-state index contributed by atoms with van der Waals surface area (Å²) in [5.74, 6) is 0.0602. The third kappa shape index (κ3) is 4.64. The summed E-state index contributed by atoms with van der Waals surface area (Å²) in [5, 5.41) is 2.74. The van der Waals surface area contributed by atoms with E-state index in [0.29, 0.717) is 24.4 Å². The molecular weight excluding hydrogens is 358 g/mol. The summed E-state index contributed by atoms with van der Waals surface area (Å²) >= 11 is 0. The van der Waals surface area contributed by atoms with Crippen molar-refractivity contribution in [3.63, 3.8) is 0 Å². The number of hydrogen-bond acceptors (Lipinski definition) is 4. The van der Waals surface area contributed by atoms with E-state index >= 15 is 0 Å². The van der Waals surface area contributed by atoms with E-state index in [1.807, 2.05) is 0 Å². The van der Waals surface area contributed by atoms with Crippen molar-refractivity contribution in [3.8, 4) is 5.75 Å². The van der Waals surface area contributed by atoms with Crippen LogP contribution in [0, 0.1) is 0 Å². The first-order chi connectivity index (χ1) is 13.4. The summed E-state index contributed by atoms with van der Waals surface area (Å²) in [6, 6.07) is 6.44. The molecular formula is C21H31N3O4. The van der Waals surface area contributed by atoms with Gasteiger partial charge in [-0.2, -0.15) is 0 Å². The Balaban J connectivity index is 2.13. The van der Waals surface area contributed by atoms with Crippen molar-refractivity contribution in [2.24, 2.45) is 0 Å². The molecule has 0 radical (unpaired) electrons.